The number of epoxide rings is 3. The van der Waals surface area contributed by atoms with Gasteiger partial charge in [0, 0.05) is 6.42 Å². The molecule has 7 nitrogen and oxygen atoms in total. The number of esters is 1. The highest BCUT2D eigenvalue weighted by atomic mass is 17.0. The standard InChI is InChI=1S/C26H42O7/c27-23(28)19-17-21-22(31-21)18-20(19)24(29)30-16-14-12-10-8-6-4-2-1-3-5-7-9-11-13-15-26-25(32-26)33-26/h19-22,25H,1-18H2,(H,27,28). The fourth-order valence-corrected chi connectivity index (χ4v) is 5.37. The third-order valence-electron chi connectivity index (χ3n) is 7.79. The molecule has 3 saturated heterocycles. The number of carbonyl (C=O) groups is 2. The largest absolute Gasteiger partial charge is 0.481 e. The van der Waals surface area contributed by atoms with Crippen molar-refractivity contribution in [1.29, 1.82) is 0 Å². The van der Waals surface area contributed by atoms with Crippen LogP contribution in [0.5, 0.6) is 0 Å². The lowest BCUT2D eigenvalue weighted by Crippen LogP contribution is -2.36. The number of carboxylic acids is 1. The van der Waals surface area contributed by atoms with Crippen LogP contribution in [-0.2, 0) is 28.5 Å². The average molecular weight is 467 g/mol. The van der Waals surface area contributed by atoms with Crippen LogP contribution in [0.15, 0.2) is 0 Å². The van der Waals surface area contributed by atoms with Crippen molar-refractivity contribution in [2.24, 2.45) is 11.8 Å². The van der Waals surface area contributed by atoms with Crippen molar-refractivity contribution >= 4 is 11.9 Å². The Morgan fingerprint density at radius 1 is 0.727 bits per heavy atom. The maximum absolute atomic E-state index is 12.3. The number of carboxylic acid groups (broad SMARTS) is 1. The quantitative estimate of drug-likeness (QED) is 0.156. The zero-order valence-corrected chi connectivity index (χ0v) is 20.0. The van der Waals surface area contributed by atoms with Gasteiger partial charge in [0.15, 0.2) is 0 Å². The lowest BCUT2D eigenvalue weighted by Gasteiger charge is -2.24. The SMILES string of the molecule is O=C(O)C1CC2OC2CC1C(=O)OCCCCCCCCCCCCCCCCC12OC1O2. The van der Waals surface area contributed by atoms with Gasteiger partial charge in [-0.3, -0.25) is 9.59 Å². The number of fused-ring (bicyclic) bond motifs is 2. The average Bonchev–Trinajstić information content (AvgIpc) is 3.69. The Labute approximate surface area is 197 Å². The highest BCUT2D eigenvalue weighted by molar-refractivity contribution is 5.81. The summed E-state index contributed by atoms with van der Waals surface area (Å²) in [6.07, 6.45) is 19.9. The maximum Gasteiger partial charge on any atom is 0.309 e. The first-order valence-corrected chi connectivity index (χ1v) is 13.5. The molecule has 0 bridgehead atoms. The first kappa shape index (κ1) is 24.9. The molecular weight excluding hydrogens is 424 g/mol. The summed E-state index contributed by atoms with van der Waals surface area (Å²) in [6, 6.07) is 0. The van der Waals surface area contributed by atoms with Gasteiger partial charge in [0.2, 0.25) is 12.1 Å². The second-order valence-electron chi connectivity index (χ2n) is 10.5. The number of aliphatic carboxylic acids is 1. The van der Waals surface area contributed by atoms with Crippen LogP contribution in [0, 0.1) is 11.8 Å². The second-order valence-corrected chi connectivity index (χ2v) is 10.5. The van der Waals surface area contributed by atoms with E-state index >= 15 is 0 Å². The Kier molecular flexibility index (Phi) is 9.05. The normalized spacial score (nSPS) is 33.2. The fourth-order valence-electron chi connectivity index (χ4n) is 5.37. The first-order valence-electron chi connectivity index (χ1n) is 13.5. The minimum Gasteiger partial charge on any atom is -0.481 e. The van der Waals surface area contributed by atoms with E-state index in [-0.39, 0.29) is 30.3 Å². The van der Waals surface area contributed by atoms with E-state index in [0.29, 0.717) is 19.4 Å². The lowest BCUT2D eigenvalue weighted by molar-refractivity contribution is -0.159. The van der Waals surface area contributed by atoms with Gasteiger partial charge in [-0.05, 0) is 25.7 Å². The summed E-state index contributed by atoms with van der Waals surface area (Å²) < 4.78 is 21.4. The van der Waals surface area contributed by atoms with Crippen LogP contribution in [-0.4, -0.2) is 47.9 Å². The van der Waals surface area contributed by atoms with E-state index < -0.39 is 17.8 Å². The molecule has 188 valence electrons. The van der Waals surface area contributed by atoms with E-state index in [0.717, 1.165) is 19.3 Å². The van der Waals surface area contributed by atoms with E-state index in [1.807, 2.05) is 0 Å². The van der Waals surface area contributed by atoms with Gasteiger partial charge in [0.05, 0.1) is 30.7 Å². The van der Waals surface area contributed by atoms with Crippen molar-refractivity contribution in [3.8, 4) is 0 Å². The predicted molar refractivity (Wildman–Crippen MR) is 121 cm³/mol. The fraction of sp³-hybridized carbons (Fsp3) is 0.923. The summed E-state index contributed by atoms with van der Waals surface area (Å²) in [5.41, 5.74) is 0. The molecular formula is C26H42O7. The summed E-state index contributed by atoms with van der Waals surface area (Å²) in [6.45, 7) is 0.402. The van der Waals surface area contributed by atoms with Crippen molar-refractivity contribution in [2.75, 3.05) is 6.61 Å². The van der Waals surface area contributed by atoms with Crippen LogP contribution >= 0.6 is 0 Å². The number of carbonyl (C=O) groups excluding carboxylic acids is 1. The van der Waals surface area contributed by atoms with Crippen LogP contribution in [0.1, 0.15) is 109 Å². The molecule has 0 aromatic heterocycles. The second kappa shape index (κ2) is 12.0. The van der Waals surface area contributed by atoms with Gasteiger partial charge in [-0.2, -0.15) is 0 Å². The Morgan fingerprint density at radius 3 is 1.67 bits per heavy atom. The molecule has 3 heterocycles. The molecule has 4 unspecified atom stereocenters. The van der Waals surface area contributed by atoms with E-state index in [4.69, 9.17) is 18.9 Å². The van der Waals surface area contributed by atoms with E-state index in [1.165, 1.54) is 77.0 Å². The molecule has 0 spiro atoms. The highest BCUT2D eigenvalue weighted by Gasteiger charge is 2.76. The molecule has 33 heavy (non-hydrogen) atoms. The van der Waals surface area contributed by atoms with Crippen molar-refractivity contribution in [3.05, 3.63) is 0 Å². The van der Waals surface area contributed by atoms with Crippen molar-refractivity contribution in [1.82, 2.24) is 0 Å². The molecule has 0 aromatic carbocycles. The Balaban J connectivity index is 0.873. The monoisotopic (exact) mass is 466 g/mol. The number of unbranched alkanes of at least 4 members (excludes halogenated alkanes) is 13. The van der Waals surface area contributed by atoms with Crippen molar-refractivity contribution in [2.45, 2.75) is 133 Å². The summed E-state index contributed by atoms with van der Waals surface area (Å²) in [5.74, 6) is -2.56. The Morgan fingerprint density at radius 2 is 1.18 bits per heavy atom. The molecule has 0 radical (unpaired) electrons. The number of rotatable bonds is 19. The van der Waals surface area contributed by atoms with Crippen LogP contribution < -0.4 is 0 Å². The molecule has 0 aromatic rings. The molecule has 1 saturated carbocycles. The summed E-state index contributed by atoms with van der Waals surface area (Å²) in [7, 11) is 0. The van der Waals surface area contributed by atoms with E-state index in [2.05, 4.69) is 0 Å². The molecule has 1 aliphatic carbocycles. The Bertz CT molecular complexity index is 645. The van der Waals surface area contributed by atoms with Crippen LogP contribution in [0.4, 0.5) is 0 Å². The van der Waals surface area contributed by atoms with Gasteiger partial charge in [-0.1, -0.05) is 77.0 Å². The topological polar surface area (TPSA) is 101 Å². The highest BCUT2D eigenvalue weighted by Crippen LogP contribution is 2.59. The van der Waals surface area contributed by atoms with Gasteiger partial charge in [-0.15, -0.1) is 0 Å². The first-order chi connectivity index (χ1) is 16.1. The Hall–Kier alpha value is -1.18. The minimum absolute atomic E-state index is 0.0408. The van der Waals surface area contributed by atoms with Gasteiger partial charge in [0.1, 0.15) is 0 Å². The number of ether oxygens (including phenoxy) is 4. The zero-order chi connectivity index (χ0) is 23.1. The third-order valence-corrected chi connectivity index (χ3v) is 7.79. The molecule has 0 amide bonds. The molecule has 7 heteroatoms. The van der Waals surface area contributed by atoms with Gasteiger partial charge < -0.3 is 24.1 Å². The van der Waals surface area contributed by atoms with Crippen molar-refractivity contribution in [3.63, 3.8) is 0 Å². The maximum atomic E-state index is 12.3. The molecule has 3 aliphatic heterocycles. The summed E-state index contributed by atoms with van der Waals surface area (Å²) in [5, 5.41) is 9.36. The van der Waals surface area contributed by atoms with Gasteiger partial charge in [-0.25, -0.2) is 0 Å². The number of hydrogen-bond donors (Lipinski definition) is 1. The van der Waals surface area contributed by atoms with Crippen LogP contribution in [0.25, 0.3) is 0 Å². The molecule has 4 atom stereocenters. The minimum atomic E-state index is -0.909. The zero-order valence-electron chi connectivity index (χ0n) is 20.0. The molecule has 4 rings (SSSR count). The van der Waals surface area contributed by atoms with E-state index in [9.17, 15) is 14.7 Å². The smallest absolute Gasteiger partial charge is 0.309 e. The molecule has 4 fully saturated rings. The van der Waals surface area contributed by atoms with Gasteiger partial charge >= 0.3 is 11.9 Å². The molecule has 4 aliphatic rings. The van der Waals surface area contributed by atoms with Crippen LogP contribution in [0.3, 0.4) is 0 Å². The molecule has 1 N–H and O–H groups in total. The predicted octanol–water partition coefficient (Wildman–Crippen LogP) is 5.34. The van der Waals surface area contributed by atoms with Gasteiger partial charge in [0.25, 0.3) is 0 Å². The third kappa shape index (κ3) is 7.66. The van der Waals surface area contributed by atoms with Crippen LogP contribution in [0.2, 0.25) is 0 Å². The summed E-state index contributed by atoms with van der Waals surface area (Å²) in [4.78, 5) is 23.7. The van der Waals surface area contributed by atoms with E-state index in [1.54, 1.807) is 0 Å². The summed E-state index contributed by atoms with van der Waals surface area (Å²) >= 11 is 0. The lowest BCUT2D eigenvalue weighted by atomic mass is 9.79. The number of hydrogen-bond acceptors (Lipinski definition) is 6. The van der Waals surface area contributed by atoms with Crippen molar-refractivity contribution < 1.29 is 33.6 Å².